The minimum atomic E-state index is -1.96. The molecule has 57 heavy (non-hydrogen) atoms. The van der Waals surface area contributed by atoms with Gasteiger partial charge in [0.25, 0.3) is 0 Å². The van der Waals surface area contributed by atoms with Crippen LogP contribution in [0.1, 0.15) is 125 Å². The number of carboxylic acid groups (broad SMARTS) is 1. The number of aliphatic carboxylic acids is 1. The van der Waals surface area contributed by atoms with Gasteiger partial charge in [0.2, 0.25) is 5.79 Å². The van der Waals surface area contributed by atoms with E-state index in [-0.39, 0.29) is 36.6 Å². The molecule has 7 aliphatic heterocycles. The summed E-state index contributed by atoms with van der Waals surface area (Å²) in [6, 6.07) is 0. The third-order valence-electron chi connectivity index (χ3n) is 14.0. The van der Waals surface area contributed by atoms with Crippen LogP contribution in [0.4, 0.5) is 0 Å². The first-order valence-electron chi connectivity index (χ1n) is 21.7. The Kier molecular flexibility index (Phi) is 12.9. The van der Waals surface area contributed by atoms with Gasteiger partial charge < -0.3 is 58.7 Å². The van der Waals surface area contributed by atoms with E-state index in [2.05, 4.69) is 26.5 Å². The Labute approximate surface area is 337 Å². The average Bonchev–Trinajstić information content (AvgIpc) is 3.56. The van der Waals surface area contributed by atoms with Gasteiger partial charge in [-0.25, -0.2) is 4.79 Å². The number of rotatable bonds is 10. The maximum Gasteiger partial charge on any atom is 0.335 e. The van der Waals surface area contributed by atoms with Crippen molar-refractivity contribution in [3.8, 4) is 0 Å². The zero-order valence-corrected chi connectivity index (χ0v) is 34.6. The maximum atomic E-state index is 11.6. The number of hydrogen-bond acceptors (Lipinski definition) is 12. The highest BCUT2D eigenvalue weighted by atomic mass is 16.7. The minimum absolute atomic E-state index is 0.0423. The number of carboxylic acids is 1. The van der Waals surface area contributed by atoms with Crippen molar-refractivity contribution in [2.75, 3.05) is 6.61 Å². The summed E-state index contributed by atoms with van der Waals surface area (Å²) in [5, 5.41) is 54.0. The van der Waals surface area contributed by atoms with Crippen LogP contribution in [0.2, 0.25) is 0 Å². The quantitative estimate of drug-likeness (QED) is 0.182. The highest BCUT2D eigenvalue weighted by molar-refractivity contribution is 5.76. The maximum absolute atomic E-state index is 11.6. The van der Waals surface area contributed by atoms with E-state index in [1.807, 2.05) is 19.9 Å². The van der Waals surface area contributed by atoms with Crippen molar-refractivity contribution in [2.24, 2.45) is 17.8 Å². The van der Waals surface area contributed by atoms with E-state index in [1.54, 1.807) is 6.08 Å². The van der Waals surface area contributed by atoms with Crippen molar-refractivity contribution in [1.29, 1.82) is 0 Å². The highest BCUT2D eigenvalue weighted by Crippen LogP contribution is 2.47. The van der Waals surface area contributed by atoms with Gasteiger partial charge in [0.1, 0.15) is 24.4 Å². The lowest BCUT2D eigenvalue weighted by Crippen LogP contribution is -2.60. The predicted octanol–water partition coefficient (Wildman–Crippen LogP) is 5.21. The van der Waals surface area contributed by atoms with Crippen LogP contribution in [0.15, 0.2) is 36.0 Å². The van der Waals surface area contributed by atoms with Crippen LogP contribution in [-0.4, -0.2) is 122 Å². The average molecular weight is 805 g/mol. The molecular formula is C44H68O13. The summed E-state index contributed by atoms with van der Waals surface area (Å²) in [5.74, 6) is -3.82. The lowest BCUT2D eigenvalue weighted by atomic mass is 9.79. The molecule has 322 valence electrons. The molecule has 0 radical (unpaired) electrons. The van der Waals surface area contributed by atoms with Gasteiger partial charge in [0.05, 0.1) is 43.2 Å². The number of aliphatic hydroxyl groups excluding tert-OH is 3. The van der Waals surface area contributed by atoms with Crippen LogP contribution in [0.25, 0.3) is 0 Å². The molecule has 6 saturated heterocycles. The van der Waals surface area contributed by atoms with Gasteiger partial charge in [0.15, 0.2) is 17.2 Å². The second-order valence-corrected chi connectivity index (χ2v) is 18.9. The molecule has 3 spiro atoms. The summed E-state index contributed by atoms with van der Waals surface area (Å²) in [7, 11) is 0. The summed E-state index contributed by atoms with van der Waals surface area (Å²) >= 11 is 0. The normalized spacial score (nSPS) is 45.4. The van der Waals surface area contributed by atoms with Crippen LogP contribution in [0.5, 0.6) is 0 Å². The van der Waals surface area contributed by atoms with Crippen molar-refractivity contribution < 1.29 is 63.5 Å². The molecule has 7 rings (SSSR count). The van der Waals surface area contributed by atoms with E-state index in [1.165, 1.54) is 6.92 Å². The molecule has 0 amide bonds. The molecule has 0 aromatic carbocycles. The summed E-state index contributed by atoms with van der Waals surface area (Å²) in [6.45, 7) is 14.5. The van der Waals surface area contributed by atoms with E-state index in [9.17, 15) is 30.3 Å². The standard InChI is InChI=1S/C44H68O13/c1-25-21-34(55-44(23-25)35(46)12-11-31(54-44)24-41(6,50)40(48)49)26(2)9-10-30-14-18-43(53-30)19-15-33-39(57-43)36(47)29(5)38(52-33)32(45)22-28(4)37-27(3)13-17-42(56-37)16-7-8-20-51-42/h9-10,23,26-28,30-39,45-47,50H,5,7-8,11-22,24H2,1-4,6H3,(H,48,49)/b10-9+/t26-,27-,28+,30+,31+,32+,33?,34+,35-,36-,37?,38+,39?,41?,42+,43-,44-/m1/s1. The minimum Gasteiger partial charge on any atom is -0.479 e. The summed E-state index contributed by atoms with van der Waals surface area (Å²) in [4.78, 5) is 11.6. The topological polar surface area (TPSA) is 183 Å². The molecule has 13 heteroatoms. The zero-order valence-electron chi connectivity index (χ0n) is 34.6. The van der Waals surface area contributed by atoms with E-state index >= 15 is 0 Å². The van der Waals surface area contributed by atoms with Crippen molar-refractivity contribution in [3.63, 3.8) is 0 Å². The monoisotopic (exact) mass is 804 g/mol. The van der Waals surface area contributed by atoms with Gasteiger partial charge in [-0.2, -0.15) is 0 Å². The molecule has 0 aromatic rings. The molecule has 7 aliphatic rings. The first-order valence-corrected chi connectivity index (χ1v) is 21.7. The van der Waals surface area contributed by atoms with Gasteiger partial charge >= 0.3 is 5.97 Å². The smallest absolute Gasteiger partial charge is 0.335 e. The summed E-state index contributed by atoms with van der Waals surface area (Å²) < 4.78 is 45.2. The van der Waals surface area contributed by atoms with Crippen molar-refractivity contribution in [3.05, 3.63) is 36.0 Å². The third-order valence-corrected chi connectivity index (χ3v) is 14.0. The van der Waals surface area contributed by atoms with E-state index < -0.39 is 71.7 Å². The molecule has 7 heterocycles. The highest BCUT2D eigenvalue weighted by Gasteiger charge is 2.55. The van der Waals surface area contributed by atoms with E-state index in [4.69, 9.17) is 33.2 Å². The van der Waals surface area contributed by atoms with E-state index in [0.717, 1.165) is 50.7 Å². The second-order valence-electron chi connectivity index (χ2n) is 18.9. The molecule has 13 nitrogen and oxygen atoms in total. The lowest BCUT2D eigenvalue weighted by Gasteiger charge is -2.50. The first-order chi connectivity index (χ1) is 26.9. The van der Waals surface area contributed by atoms with Crippen molar-refractivity contribution >= 4 is 5.97 Å². The SMILES string of the molecule is C=C1[C@@H](O)C2O[C@@]3(CCC2O[C@@H]1[C@@H](O)C[C@H](C)C1O[C@@]2(CCCCO2)CC[C@H]1C)CC[C@H](/C=C/[C@@H](C)[C@@H]1CC(C)=C[C@@]2(O[C@H](CC(C)(O)C(=O)O)CC[C@H]2O)O1)O3. The van der Waals surface area contributed by atoms with Crippen LogP contribution >= 0.6 is 0 Å². The molecule has 5 N–H and O–H groups in total. The molecule has 0 bridgehead atoms. The van der Waals surface area contributed by atoms with Crippen molar-refractivity contribution in [2.45, 2.75) is 209 Å². The second kappa shape index (κ2) is 17.0. The Morgan fingerprint density at radius 2 is 1.75 bits per heavy atom. The summed E-state index contributed by atoms with van der Waals surface area (Å²) in [6.07, 6.45) is 9.37. The Bertz CT molecular complexity index is 1510. The van der Waals surface area contributed by atoms with Gasteiger partial charge in [-0.3, -0.25) is 0 Å². The zero-order chi connectivity index (χ0) is 40.9. The largest absolute Gasteiger partial charge is 0.479 e. The van der Waals surface area contributed by atoms with Crippen LogP contribution in [0.3, 0.4) is 0 Å². The fraction of sp³-hybridized carbons (Fsp3) is 0.841. The number of ether oxygens (including phenoxy) is 7. The number of aliphatic hydroxyl groups is 4. The van der Waals surface area contributed by atoms with E-state index in [0.29, 0.717) is 56.4 Å². The Morgan fingerprint density at radius 3 is 2.49 bits per heavy atom. The number of hydrogen-bond donors (Lipinski definition) is 5. The molecule has 0 aliphatic carbocycles. The molecule has 4 unspecified atom stereocenters. The molecule has 0 aromatic heterocycles. The Balaban J connectivity index is 0.920. The number of fused-ring (bicyclic) bond motifs is 1. The lowest BCUT2D eigenvalue weighted by molar-refractivity contribution is -0.321. The molecule has 0 saturated carbocycles. The summed E-state index contributed by atoms with van der Waals surface area (Å²) in [5.41, 5.74) is -0.551. The molecular weight excluding hydrogens is 736 g/mol. The van der Waals surface area contributed by atoms with Gasteiger partial charge in [-0.1, -0.05) is 45.1 Å². The number of carbonyl (C=O) groups is 1. The fourth-order valence-corrected chi connectivity index (χ4v) is 10.5. The van der Waals surface area contributed by atoms with Crippen LogP contribution in [0, 0.1) is 17.8 Å². The van der Waals surface area contributed by atoms with Crippen LogP contribution < -0.4 is 0 Å². The van der Waals surface area contributed by atoms with Gasteiger partial charge in [-0.15, -0.1) is 0 Å². The third kappa shape index (κ3) is 9.15. The van der Waals surface area contributed by atoms with Gasteiger partial charge in [-0.05, 0) is 95.1 Å². The fourth-order valence-electron chi connectivity index (χ4n) is 10.5. The first kappa shape index (κ1) is 43.3. The molecule has 17 atom stereocenters. The Hall–Kier alpha value is -1.75. The van der Waals surface area contributed by atoms with Gasteiger partial charge in [0, 0.05) is 38.0 Å². The molecule has 6 fully saturated rings. The van der Waals surface area contributed by atoms with Crippen LogP contribution in [-0.2, 0) is 38.0 Å². The van der Waals surface area contributed by atoms with Crippen molar-refractivity contribution in [1.82, 2.24) is 0 Å². The Morgan fingerprint density at radius 1 is 1.00 bits per heavy atom. The predicted molar refractivity (Wildman–Crippen MR) is 208 cm³/mol.